The standard InChI is InChI=1S/C15H24S.CH5N/c1-12(2)9-10-16-14-8-6-7-13(11-14)15(3,4)5;1-2/h6-8,11-12H,9-10H2,1-5H3;2H2,1H3. The summed E-state index contributed by atoms with van der Waals surface area (Å²) in [4.78, 5) is 1.41. The van der Waals surface area contributed by atoms with Gasteiger partial charge in [0.2, 0.25) is 0 Å². The van der Waals surface area contributed by atoms with Crippen LogP contribution in [0.5, 0.6) is 0 Å². The molecule has 0 aromatic heterocycles. The summed E-state index contributed by atoms with van der Waals surface area (Å²) in [7, 11) is 1.50. The molecule has 0 atom stereocenters. The van der Waals surface area contributed by atoms with Crippen LogP contribution in [0, 0.1) is 5.92 Å². The first-order valence-corrected chi connectivity index (χ1v) is 7.69. The van der Waals surface area contributed by atoms with E-state index in [0.29, 0.717) is 0 Å². The lowest BCUT2D eigenvalue weighted by Gasteiger charge is -2.19. The predicted molar refractivity (Wildman–Crippen MR) is 85.4 cm³/mol. The van der Waals surface area contributed by atoms with E-state index in [-0.39, 0.29) is 5.41 Å². The van der Waals surface area contributed by atoms with Crippen molar-refractivity contribution in [2.24, 2.45) is 11.7 Å². The van der Waals surface area contributed by atoms with E-state index in [9.17, 15) is 0 Å². The summed E-state index contributed by atoms with van der Waals surface area (Å²) in [6.07, 6.45) is 1.30. The maximum Gasteiger partial charge on any atom is 0.00748 e. The Balaban J connectivity index is 0.00000137. The highest BCUT2D eigenvalue weighted by molar-refractivity contribution is 7.99. The van der Waals surface area contributed by atoms with E-state index in [0.717, 1.165) is 5.92 Å². The first-order chi connectivity index (χ1) is 8.39. The number of thioether (sulfide) groups is 1. The van der Waals surface area contributed by atoms with Gasteiger partial charge in [-0.1, -0.05) is 46.8 Å². The van der Waals surface area contributed by atoms with Gasteiger partial charge in [0.25, 0.3) is 0 Å². The molecule has 1 aromatic carbocycles. The fourth-order valence-electron chi connectivity index (χ4n) is 1.46. The van der Waals surface area contributed by atoms with Crippen LogP contribution in [0.15, 0.2) is 29.2 Å². The summed E-state index contributed by atoms with van der Waals surface area (Å²) in [5, 5.41) is 0. The van der Waals surface area contributed by atoms with Crippen LogP contribution < -0.4 is 5.73 Å². The van der Waals surface area contributed by atoms with Gasteiger partial charge in [-0.25, -0.2) is 0 Å². The van der Waals surface area contributed by atoms with Gasteiger partial charge in [-0.3, -0.25) is 0 Å². The zero-order valence-electron chi connectivity index (χ0n) is 12.8. The van der Waals surface area contributed by atoms with Crippen molar-refractivity contribution in [3.63, 3.8) is 0 Å². The van der Waals surface area contributed by atoms with E-state index in [1.54, 1.807) is 0 Å². The Bertz CT molecular complexity index is 326. The summed E-state index contributed by atoms with van der Waals surface area (Å²) in [5.41, 5.74) is 6.19. The minimum Gasteiger partial charge on any atom is -0.333 e. The van der Waals surface area contributed by atoms with Gasteiger partial charge in [0.05, 0.1) is 0 Å². The summed E-state index contributed by atoms with van der Waals surface area (Å²) < 4.78 is 0. The van der Waals surface area contributed by atoms with E-state index in [4.69, 9.17) is 0 Å². The van der Waals surface area contributed by atoms with Gasteiger partial charge in [0.15, 0.2) is 0 Å². The highest BCUT2D eigenvalue weighted by atomic mass is 32.2. The highest BCUT2D eigenvalue weighted by Crippen LogP contribution is 2.27. The van der Waals surface area contributed by atoms with E-state index in [1.807, 2.05) is 11.8 Å². The number of rotatable bonds is 4. The van der Waals surface area contributed by atoms with Gasteiger partial charge in [0.1, 0.15) is 0 Å². The largest absolute Gasteiger partial charge is 0.333 e. The first-order valence-electron chi connectivity index (χ1n) is 6.70. The van der Waals surface area contributed by atoms with Crippen LogP contribution in [0.3, 0.4) is 0 Å². The fourth-order valence-corrected chi connectivity index (χ4v) is 2.67. The van der Waals surface area contributed by atoms with Crippen molar-refractivity contribution in [3.8, 4) is 0 Å². The molecule has 0 aliphatic carbocycles. The molecule has 1 rings (SSSR count). The zero-order chi connectivity index (χ0) is 14.2. The molecule has 0 saturated carbocycles. The Morgan fingerprint density at radius 1 is 1.17 bits per heavy atom. The quantitative estimate of drug-likeness (QED) is 0.800. The Morgan fingerprint density at radius 3 is 2.28 bits per heavy atom. The minimum atomic E-state index is 0.259. The van der Waals surface area contributed by atoms with E-state index in [2.05, 4.69) is 64.6 Å². The Hall–Kier alpha value is -0.470. The topological polar surface area (TPSA) is 26.0 Å². The second-order valence-electron chi connectivity index (χ2n) is 5.81. The summed E-state index contributed by atoms with van der Waals surface area (Å²) >= 11 is 1.98. The van der Waals surface area contributed by atoms with Gasteiger partial charge >= 0.3 is 0 Å². The SMILES string of the molecule is CC(C)CCSc1cccc(C(C)(C)C)c1.CN. The van der Waals surface area contributed by atoms with Crippen LogP contribution in [0.2, 0.25) is 0 Å². The third-order valence-electron chi connectivity index (χ3n) is 2.66. The van der Waals surface area contributed by atoms with Crippen LogP contribution in [-0.4, -0.2) is 12.8 Å². The molecule has 0 saturated heterocycles. The van der Waals surface area contributed by atoms with Crippen molar-refractivity contribution < 1.29 is 0 Å². The van der Waals surface area contributed by atoms with Gasteiger partial charge in [-0.15, -0.1) is 11.8 Å². The molecule has 2 N–H and O–H groups in total. The van der Waals surface area contributed by atoms with Crippen LogP contribution in [0.1, 0.15) is 46.6 Å². The number of nitrogens with two attached hydrogens (primary N) is 1. The van der Waals surface area contributed by atoms with Crippen molar-refractivity contribution in [1.82, 2.24) is 0 Å². The molecule has 1 nitrogen and oxygen atoms in total. The molecule has 0 bridgehead atoms. The lowest BCUT2D eigenvalue weighted by Crippen LogP contribution is -2.10. The van der Waals surface area contributed by atoms with Crippen molar-refractivity contribution in [3.05, 3.63) is 29.8 Å². The van der Waals surface area contributed by atoms with Crippen molar-refractivity contribution in [1.29, 1.82) is 0 Å². The molecule has 0 spiro atoms. The molecule has 1 aromatic rings. The Kier molecular flexibility index (Phi) is 8.38. The molecule has 0 unspecified atom stereocenters. The van der Waals surface area contributed by atoms with Crippen LogP contribution in [0.4, 0.5) is 0 Å². The molecule has 0 heterocycles. The predicted octanol–water partition coefficient (Wildman–Crippen LogP) is 4.70. The van der Waals surface area contributed by atoms with Gasteiger partial charge in [0, 0.05) is 4.90 Å². The number of hydrogen-bond acceptors (Lipinski definition) is 2. The number of hydrogen-bond donors (Lipinski definition) is 1. The van der Waals surface area contributed by atoms with E-state index in [1.165, 1.54) is 29.7 Å². The smallest absolute Gasteiger partial charge is 0.00748 e. The molecular weight excluding hydrogens is 238 g/mol. The minimum absolute atomic E-state index is 0.259. The third kappa shape index (κ3) is 7.07. The normalized spacial score (nSPS) is 11.1. The highest BCUT2D eigenvalue weighted by Gasteiger charge is 2.13. The van der Waals surface area contributed by atoms with Gasteiger partial charge in [-0.2, -0.15) is 0 Å². The summed E-state index contributed by atoms with van der Waals surface area (Å²) in [6, 6.07) is 8.97. The van der Waals surface area contributed by atoms with Crippen LogP contribution in [-0.2, 0) is 5.41 Å². The lowest BCUT2D eigenvalue weighted by molar-refractivity contribution is 0.588. The molecule has 2 heteroatoms. The Morgan fingerprint density at radius 2 is 1.78 bits per heavy atom. The second kappa shape index (κ2) is 8.60. The molecular formula is C16H29NS. The van der Waals surface area contributed by atoms with Crippen molar-refractivity contribution in [2.75, 3.05) is 12.8 Å². The summed E-state index contributed by atoms with van der Waals surface area (Å²) in [6.45, 7) is 11.4. The zero-order valence-corrected chi connectivity index (χ0v) is 13.6. The van der Waals surface area contributed by atoms with Gasteiger partial charge < -0.3 is 5.73 Å². The summed E-state index contributed by atoms with van der Waals surface area (Å²) in [5.74, 6) is 2.03. The molecule has 0 amide bonds. The monoisotopic (exact) mass is 267 g/mol. The lowest BCUT2D eigenvalue weighted by atomic mass is 9.87. The third-order valence-corrected chi connectivity index (χ3v) is 3.69. The molecule has 0 aliphatic rings. The average molecular weight is 267 g/mol. The number of benzene rings is 1. The van der Waals surface area contributed by atoms with Crippen LogP contribution in [0.25, 0.3) is 0 Å². The maximum atomic E-state index is 4.50. The van der Waals surface area contributed by atoms with E-state index >= 15 is 0 Å². The van der Waals surface area contributed by atoms with Crippen molar-refractivity contribution in [2.45, 2.75) is 51.3 Å². The molecule has 0 fully saturated rings. The molecule has 0 aliphatic heterocycles. The van der Waals surface area contributed by atoms with Crippen LogP contribution >= 0.6 is 11.8 Å². The average Bonchev–Trinajstić information content (AvgIpc) is 2.30. The Labute approximate surface area is 118 Å². The second-order valence-corrected chi connectivity index (χ2v) is 6.98. The molecule has 0 radical (unpaired) electrons. The maximum absolute atomic E-state index is 4.50. The molecule has 18 heavy (non-hydrogen) atoms. The first kappa shape index (κ1) is 17.5. The fraction of sp³-hybridized carbons (Fsp3) is 0.625. The van der Waals surface area contributed by atoms with Gasteiger partial charge in [-0.05, 0) is 48.3 Å². The van der Waals surface area contributed by atoms with E-state index < -0.39 is 0 Å². The molecule has 104 valence electrons. The van der Waals surface area contributed by atoms with Crippen molar-refractivity contribution >= 4 is 11.8 Å².